The van der Waals surface area contributed by atoms with E-state index >= 15 is 0 Å². The molecule has 0 saturated heterocycles. The van der Waals surface area contributed by atoms with Crippen LogP contribution in [-0.4, -0.2) is 16.5 Å². The number of hydrogen-bond acceptors (Lipinski definition) is 3. The van der Waals surface area contributed by atoms with Crippen molar-refractivity contribution in [1.82, 2.24) is 9.97 Å². The Kier molecular flexibility index (Phi) is 5.22. The number of halogens is 3. The van der Waals surface area contributed by atoms with Crippen LogP contribution in [0, 0.1) is 3.57 Å². The Bertz CT molecular complexity index is 573. The van der Waals surface area contributed by atoms with Gasteiger partial charge in [-0.2, -0.15) is 0 Å². The molecule has 0 bridgehead atoms. The summed E-state index contributed by atoms with van der Waals surface area (Å²) in [5.74, 6) is 1.31. The van der Waals surface area contributed by atoms with Crippen LogP contribution in [0.4, 0.5) is 14.6 Å². The molecule has 1 N–H and O–H groups in total. The molecule has 0 aliphatic rings. The highest BCUT2D eigenvalue weighted by molar-refractivity contribution is 14.1. The summed E-state index contributed by atoms with van der Waals surface area (Å²) in [5.41, 5.74) is 0.731. The minimum absolute atomic E-state index is 0.00333. The predicted octanol–water partition coefficient (Wildman–Crippen LogP) is 4.51. The zero-order chi connectivity index (χ0) is 14.5. The summed E-state index contributed by atoms with van der Waals surface area (Å²) >= 11 is 2.16. The summed E-state index contributed by atoms with van der Waals surface area (Å²) < 4.78 is 26.0. The largest absolute Gasteiger partial charge is 0.369 e. The molecule has 1 aromatic carbocycles. The Labute approximate surface area is 130 Å². The minimum atomic E-state index is -2.46. The van der Waals surface area contributed by atoms with E-state index in [1.165, 1.54) is 12.1 Å². The molecule has 3 nitrogen and oxygen atoms in total. The van der Waals surface area contributed by atoms with Gasteiger partial charge in [-0.05, 0) is 29.0 Å². The normalized spacial score (nSPS) is 10.8. The van der Waals surface area contributed by atoms with E-state index < -0.39 is 6.43 Å². The van der Waals surface area contributed by atoms with Crippen LogP contribution in [0.25, 0.3) is 11.4 Å². The minimum Gasteiger partial charge on any atom is -0.369 e. The van der Waals surface area contributed by atoms with Gasteiger partial charge in [-0.15, -0.1) is 0 Å². The number of rotatable bonds is 5. The topological polar surface area (TPSA) is 37.8 Å². The van der Waals surface area contributed by atoms with Gasteiger partial charge in [0.05, 0.1) is 3.57 Å². The number of nitrogens with one attached hydrogen (secondary N) is 1. The van der Waals surface area contributed by atoms with Crippen molar-refractivity contribution in [3.63, 3.8) is 0 Å². The molecule has 0 spiro atoms. The van der Waals surface area contributed by atoms with Gasteiger partial charge in [0.15, 0.2) is 5.82 Å². The Balaban J connectivity index is 2.27. The first kappa shape index (κ1) is 15.1. The molecule has 2 aromatic rings. The zero-order valence-electron chi connectivity index (χ0n) is 10.9. The van der Waals surface area contributed by atoms with Crippen molar-refractivity contribution in [2.45, 2.75) is 19.8 Å². The molecule has 0 saturated carbocycles. The molecule has 1 aromatic heterocycles. The molecular formula is C14H14F2IN3. The Hall–Kier alpha value is -1.31. The van der Waals surface area contributed by atoms with Crippen molar-refractivity contribution in [2.75, 3.05) is 11.9 Å². The SMILES string of the molecule is CCCNc1nc(-c2ccc(C(F)F)cc2)ncc1I. The second-order valence-electron chi connectivity index (χ2n) is 4.24. The molecule has 6 heteroatoms. The van der Waals surface area contributed by atoms with Crippen molar-refractivity contribution in [3.8, 4) is 11.4 Å². The third kappa shape index (κ3) is 3.62. The smallest absolute Gasteiger partial charge is 0.263 e. The standard InChI is InChI=1S/C14H14F2IN3/c1-2-7-18-14-11(17)8-19-13(20-14)10-5-3-9(4-6-10)12(15)16/h3-6,8,12H,2,7H2,1H3,(H,18,19,20). The van der Waals surface area contributed by atoms with Crippen LogP contribution in [-0.2, 0) is 0 Å². The first-order chi connectivity index (χ1) is 9.61. The zero-order valence-corrected chi connectivity index (χ0v) is 13.1. The van der Waals surface area contributed by atoms with Gasteiger partial charge in [-0.25, -0.2) is 18.7 Å². The molecule has 0 atom stereocenters. The summed E-state index contributed by atoms with van der Waals surface area (Å²) in [4.78, 5) is 8.68. The number of benzene rings is 1. The van der Waals surface area contributed by atoms with E-state index in [1.54, 1.807) is 18.3 Å². The maximum absolute atomic E-state index is 12.5. The van der Waals surface area contributed by atoms with E-state index in [0.717, 1.165) is 27.9 Å². The number of alkyl halides is 2. The Morgan fingerprint density at radius 3 is 2.55 bits per heavy atom. The van der Waals surface area contributed by atoms with Crippen molar-refractivity contribution >= 4 is 28.4 Å². The van der Waals surface area contributed by atoms with Crippen LogP contribution < -0.4 is 5.32 Å². The number of anilines is 1. The van der Waals surface area contributed by atoms with E-state index in [4.69, 9.17) is 0 Å². The maximum atomic E-state index is 12.5. The highest BCUT2D eigenvalue weighted by atomic mass is 127. The quantitative estimate of drug-likeness (QED) is 0.765. The van der Waals surface area contributed by atoms with Gasteiger partial charge in [-0.3, -0.25) is 0 Å². The lowest BCUT2D eigenvalue weighted by molar-refractivity contribution is 0.151. The van der Waals surface area contributed by atoms with Gasteiger partial charge in [0, 0.05) is 23.9 Å². The lowest BCUT2D eigenvalue weighted by atomic mass is 10.1. The molecule has 106 valence electrons. The second kappa shape index (κ2) is 6.92. The number of aromatic nitrogens is 2. The predicted molar refractivity (Wildman–Crippen MR) is 83.9 cm³/mol. The van der Waals surface area contributed by atoms with Gasteiger partial charge in [0.1, 0.15) is 5.82 Å². The van der Waals surface area contributed by atoms with E-state index in [9.17, 15) is 8.78 Å². The molecule has 1 heterocycles. The van der Waals surface area contributed by atoms with E-state index in [0.29, 0.717) is 5.82 Å². The molecule has 0 aliphatic heterocycles. The second-order valence-corrected chi connectivity index (χ2v) is 5.40. The molecule has 2 rings (SSSR count). The summed E-state index contributed by atoms with van der Waals surface area (Å²) in [6, 6.07) is 6.04. The summed E-state index contributed by atoms with van der Waals surface area (Å²) in [7, 11) is 0. The maximum Gasteiger partial charge on any atom is 0.263 e. The van der Waals surface area contributed by atoms with Crippen LogP contribution in [0.5, 0.6) is 0 Å². The van der Waals surface area contributed by atoms with Crippen molar-refractivity contribution < 1.29 is 8.78 Å². The highest BCUT2D eigenvalue weighted by Gasteiger charge is 2.09. The number of hydrogen-bond donors (Lipinski definition) is 1. The average molecular weight is 389 g/mol. The van der Waals surface area contributed by atoms with E-state index in [1.807, 2.05) is 0 Å². The van der Waals surface area contributed by atoms with E-state index in [-0.39, 0.29) is 5.56 Å². The molecule has 0 unspecified atom stereocenters. The lowest BCUT2D eigenvalue weighted by Gasteiger charge is -2.08. The first-order valence-corrected chi connectivity index (χ1v) is 7.34. The highest BCUT2D eigenvalue weighted by Crippen LogP contribution is 2.24. The van der Waals surface area contributed by atoms with Crippen LogP contribution in [0.2, 0.25) is 0 Å². The van der Waals surface area contributed by atoms with Gasteiger partial charge < -0.3 is 5.32 Å². The van der Waals surface area contributed by atoms with Gasteiger partial charge in [0.25, 0.3) is 6.43 Å². The fourth-order valence-electron chi connectivity index (χ4n) is 1.65. The molecule has 20 heavy (non-hydrogen) atoms. The fourth-order valence-corrected chi connectivity index (χ4v) is 2.10. The lowest BCUT2D eigenvalue weighted by Crippen LogP contribution is -2.05. The molecule has 0 radical (unpaired) electrons. The van der Waals surface area contributed by atoms with Crippen molar-refractivity contribution in [2.24, 2.45) is 0 Å². The van der Waals surface area contributed by atoms with Crippen LogP contribution in [0.3, 0.4) is 0 Å². The van der Waals surface area contributed by atoms with E-state index in [2.05, 4.69) is 44.8 Å². The van der Waals surface area contributed by atoms with Crippen LogP contribution >= 0.6 is 22.6 Å². The third-order valence-corrected chi connectivity index (χ3v) is 3.50. The third-order valence-electron chi connectivity index (χ3n) is 2.71. The van der Waals surface area contributed by atoms with Crippen LogP contribution in [0.15, 0.2) is 30.5 Å². The molecule has 0 aliphatic carbocycles. The van der Waals surface area contributed by atoms with Gasteiger partial charge in [0.2, 0.25) is 0 Å². The summed E-state index contributed by atoms with van der Waals surface area (Å²) in [5, 5.41) is 3.22. The number of nitrogens with zero attached hydrogens (tertiary/aromatic N) is 2. The average Bonchev–Trinajstić information content (AvgIpc) is 2.46. The van der Waals surface area contributed by atoms with Crippen molar-refractivity contribution in [1.29, 1.82) is 0 Å². The Morgan fingerprint density at radius 2 is 1.95 bits per heavy atom. The monoisotopic (exact) mass is 389 g/mol. The summed E-state index contributed by atoms with van der Waals surface area (Å²) in [6.07, 6.45) is 0.268. The molecular weight excluding hydrogens is 375 g/mol. The fraction of sp³-hybridized carbons (Fsp3) is 0.286. The van der Waals surface area contributed by atoms with Crippen molar-refractivity contribution in [3.05, 3.63) is 39.6 Å². The first-order valence-electron chi connectivity index (χ1n) is 6.26. The van der Waals surface area contributed by atoms with Gasteiger partial charge in [-0.1, -0.05) is 31.2 Å². The van der Waals surface area contributed by atoms with Gasteiger partial charge >= 0.3 is 0 Å². The Morgan fingerprint density at radius 1 is 1.25 bits per heavy atom. The molecule has 0 amide bonds. The van der Waals surface area contributed by atoms with Crippen LogP contribution in [0.1, 0.15) is 25.3 Å². The molecule has 0 fully saturated rings. The summed E-state index contributed by atoms with van der Waals surface area (Å²) in [6.45, 7) is 2.90.